The number of piperazine rings is 1. The Morgan fingerprint density at radius 3 is 2.26 bits per heavy atom. The number of hydrogen-bond donors (Lipinski definition) is 4. The number of ether oxygens (including phenoxy) is 1. The average molecular weight is 876 g/mol. The van der Waals surface area contributed by atoms with Crippen molar-refractivity contribution in [2.75, 3.05) is 64.3 Å². The molecular formula is C45H65N9O7S. The van der Waals surface area contributed by atoms with Gasteiger partial charge in [0, 0.05) is 78.4 Å². The van der Waals surface area contributed by atoms with Gasteiger partial charge in [0.2, 0.25) is 17.7 Å². The molecule has 16 nitrogen and oxygen atoms in total. The van der Waals surface area contributed by atoms with Crippen LogP contribution in [-0.2, 0) is 19.1 Å². The number of amides is 5. The normalized spacial score (nSPS) is 18.2. The fourth-order valence-electron chi connectivity index (χ4n) is 7.43. The highest BCUT2D eigenvalue weighted by atomic mass is 32.1. The third kappa shape index (κ3) is 13.2. The number of pyridine rings is 1. The van der Waals surface area contributed by atoms with Gasteiger partial charge in [-0.25, -0.2) is 14.8 Å². The first-order valence-electron chi connectivity index (χ1n) is 21.4. The molecule has 4 heterocycles. The van der Waals surface area contributed by atoms with Crippen molar-refractivity contribution in [3.05, 3.63) is 64.9 Å². The molecule has 0 spiro atoms. The van der Waals surface area contributed by atoms with E-state index < -0.39 is 35.1 Å². The number of rotatable bonds is 15. The number of nitrogens with one attached hydrogen (secondary N) is 3. The molecule has 17 heteroatoms. The first-order valence-corrected chi connectivity index (χ1v) is 22.3. The molecule has 62 heavy (non-hydrogen) atoms. The Balaban J connectivity index is 1.05. The second kappa shape index (κ2) is 20.8. The van der Waals surface area contributed by atoms with Gasteiger partial charge in [0.05, 0.1) is 33.8 Å². The van der Waals surface area contributed by atoms with Crippen LogP contribution in [0.1, 0.15) is 95.4 Å². The van der Waals surface area contributed by atoms with E-state index in [9.17, 15) is 29.1 Å². The number of β-amino-alcohol motifs (C(OH)–C–C–N with tert-alkyl or cyclic N) is 1. The number of likely N-dealkylation sites (N-methyl/N-ethyl adjacent to an activating group) is 1. The summed E-state index contributed by atoms with van der Waals surface area (Å²) in [6, 6.07) is 9.27. The van der Waals surface area contributed by atoms with E-state index in [0.29, 0.717) is 18.5 Å². The fraction of sp³-hybridized carbons (Fsp3) is 0.578. The number of carbonyl (C=O) groups excluding carboxylic acids is 5. The van der Waals surface area contributed by atoms with Gasteiger partial charge < -0.3 is 40.5 Å². The summed E-state index contributed by atoms with van der Waals surface area (Å²) in [5, 5.41) is 19.4. The fourth-order valence-corrected chi connectivity index (χ4v) is 8.24. The van der Waals surface area contributed by atoms with Crippen LogP contribution in [0, 0.1) is 12.3 Å². The molecule has 2 saturated heterocycles. The number of carbonyl (C=O) groups is 5. The van der Waals surface area contributed by atoms with Crippen LogP contribution in [0.3, 0.4) is 0 Å². The first-order chi connectivity index (χ1) is 29.2. The minimum atomic E-state index is -0.955. The van der Waals surface area contributed by atoms with E-state index >= 15 is 0 Å². The molecule has 2 aliphatic rings. The number of aromatic nitrogens is 2. The average Bonchev–Trinajstić information content (AvgIpc) is 3.84. The summed E-state index contributed by atoms with van der Waals surface area (Å²) >= 11 is 1.57. The van der Waals surface area contributed by atoms with Crippen molar-refractivity contribution in [2.45, 2.75) is 104 Å². The number of nitrogens with zero attached hydrogens (tertiary/aromatic N) is 6. The predicted octanol–water partition coefficient (Wildman–Crippen LogP) is 4.38. The van der Waals surface area contributed by atoms with E-state index in [1.807, 2.05) is 91.2 Å². The van der Waals surface area contributed by atoms with E-state index in [0.717, 1.165) is 60.2 Å². The predicted molar refractivity (Wildman–Crippen MR) is 240 cm³/mol. The van der Waals surface area contributed by atoms with Gasteiger partial charge in [-0.2, -0.15) is 0 Å². The Morgan fingerprint density at radius 2 is 1.66 bits per heavy atom. The molecule has 5 amide bonds. The molecule has 5 rings (SSSR count). The van der Waals surface area contributed by atoms with Crippen molar-refractivity contribution in [3.8, 4) is 10.4 Å². The second-order valence-electron chi connectivity index (χ2n) is 18.4. The van der Waals surface area contributed by atoms with Crippen LogP contribution in [0.25, 0.3) is 10.4 Å². The minimum absolute atomic E-state index is 0.0219. The maximum Gasteiger partial charge on any atom is 0.410 e. The Bertz CT molecular complexity index is 2000. The third-order valence-electron chi connectivity index (χ3n) is 11.1. The molecule has 2 fully saturated rings. The standard InChI is InChI=1S/C45H65N9O7S/c1-29(31-12-14-32(15-13-31)38-30(2)48-28-62-38)49-41(58)35-25-34(55)27-54(35)42(59)39(44(3,4)5)50-37(56)11-10-18-46-40(57)33-16-17-36(47-26-33)53-23-21-52(22-24-53)20-19-51(9)43(60)61-45(6,7)8/h12-17,26,28-29,34-35,39,55H,10-11,18-25,27H2,1-9H3,(H,46,57)(H,49,58)(H,50,56)/t29-,34+,35-,39+/m0/s1. The zero-order valence-electron chi connectivity index (χ0n) is 37.7. The number of benzene rings is 1. The molecule has 338 valence electrons. The minimum Gasteiger partial charge on any atom is -0.444 e. The highest BCUT2D eigenvalue weighted by Crippen LogP contribution is 2.30. The summed E-state index contributed by atoms with van der Waals surface area (Å²) < 4.78 is 5.44. The monoisotopic (exact) mass is 875 g/mol. The van der Waals surface area contributed by atoms with Crippen LogP contribution in [0.2, 0.25) is 0 Å². The van der Waals surface area contributed by atoms with Gasteiger partial charge in [0.25, 0.3) is 5.91 Å². The lowest BCUT2D eigenvalue weighted by molar-refractivity contribution is -0.144. The number of hydrogen-bond acceptors (Lipinski definition) is 12. The van der Waals surface area contributed by atoms with Crippen LogP contribution < -0.4 is 20.9 Å². The first kappa shape index (κ1) is 47.9. The number of thiazole rings is 1. The lowest BCUT2D eigenvalue weighted by Gasteiger charge is -2.36. The number of likely N-dealkylation sites (tertiary alicyclic amines) is 1. The van der Waals surface area contributed by atoms with Crippen LogP contribution in [0.5, 0.6) is 0 Å². The van der Waals surface area contributed by atoms with Gasteiger partial charge in [-0.1, -0.05) is 45.0 Å². The summed E-state index contributed by atoms with van der Waals surface area (Å²) in [6.07, 6.45) is 0.815. The Morgan fingerprint density at radius 1 is 0.968 bits per heavy atom. The van der Waals surface area contributed by atoms with E-state index in [1.54, 1.807) is 35.5 Å². The highest BCUT2D eigenvalue weighted by Gasteiger charge is 2.44. The van der Waals surface area contributed by atoms with E-state index in [2.05, 4.69) is 35.7 Å². The molecule has 0 unspecified atom stereocenters. The van der Waals surface area contributed by atoms with E-state index in [1.165, 1.54) is 4.90 Å². The van der Waals surface area contributed by atoms with Crippen molar-refractivity contribution in [1.29, 1.82) is 0 Å². The smallest absolute Gasteiger partial charge is 0.410 e. The summed E-state index contributed by atoms with van der Waals surface area (Å²) in [7, 11) is 1.74. The third-order valence-corrected chi connectivity index (χ3v) is 12.1. The largest absolute Gasteiger partial charge is 0.444 e. The van der Waals surface area contributed by atoms with E-state index in [-0.39, 0.29) is 55.8 Å². The summed E-state index contributed by atoms with van der Waals surface area (Å²) in [5.41, 5.74) is 3.88. The van der Waals surface area contributed by atoms with Crippen molar-refractivity contribution in [3.63, 3.8) is 0 Å². The maximum atomic E-state index is 14.1. The van der Waals surface area contributed by atoms with Crippen molar-refractivity contribution >= 4 is 46.9 Å². The van der Waals surface area contributed by atoms with Crippen molar-refractivity contribution < 1.29 is 33.8 Å². The number of anilines is 1. The molecule has 3 aromatic rings. The molecule has 4 N–H and O–H groups in total. The van der Waals surface area contributed by atoms with Gasteiger partial charge in [0.15, 0.2) is 0 Å². The SMILES string of the molecule is Cc1ncsc1-c1ccc([C@H](C)NC(=O)[C@@H]2C[C@@H](O)CN2C(=O)[C@@H](NC(=O)CCCNC(=O)c2ccc(N3CCN(CCN(C)C(=O)OC(C)(C)C)CC3)nc2)C(C)(C)C)cc1. The van der Waals surface area contributed by atoms with Crippen LogP contribution in [0.15, 0.2) is 48.1 Å². The Kier molecular flexibility index (Phi) is 16.1. The molecule has 4 atom stereocenters. The number of aliphatic hydroxyl groups excluding tert-OH is 1. The van der Waals surface area contributed by atoms with Crippen molar-refractivity contribution in [1.82, 2.24) is 40.6 Å². The maximum absolute atomic E-state index is 14.1. The highest BCUT2D eigenvalue weighted by molar-refractivity contribution is 7.13. The van der Waals surface area contributed by atoms with E-state index in [4.69, 9.17) is 4.74 Å². The summed E-state index contributed by atoms with van der Waals surface area (Å²) in [6.45, 7) is 19.6. The molecule has 2 aliphatic heterocycles. The lowest BCUT2D eigenvalue weighted by atomic mass is 9.85. The number of aryl methyl sites for hydroxylation is 1. The molecule has 0 bridgehead atoms. The second-order valence-corrected chi connectivity index (χ2v) is 19.2. The summed E-state index contributed by atoms with van der Waals surface area (Å²) in [4.78, 5) is 83.5. The van der Waals surface area contributed by atoms with Gasteiger partial charge in [0.1, 0.15) is 23.5 Å². The van der Waals surface area contributed by atoms with Gasteiger partial charge in [-0.15, -0.1) is 11.3 Å². The Hall–Kier alpha value is -5.13. The van der Waals surface area contributed by atoms with Crippen LogP contribution >= 0.6 is 11.3 Å². The number of aliphatic hydroxyl groups is 1. The van der Waals surface area contributed by atoms with Gasteiger partial charge in [-0.3, -0.25) is 24.1 Å². The van der Waals surface area contributed by atoms with Gasteiger partial charge >= 0.3 is 6.09 Å². The van der Waals surface area contributed by atoms with Crippen LogP contribution in [-0.4, -0.2) is 143 Å². The van der Waals surface area contributed by atoms with Crippen LogP contribution in [0.4, 0.5) is 10.6 Å². The topological polar surface area (TPSA) is 190 Å². The zero-order valence-corrected chi connectivity index (χ0v) is 38.5. The van der Waals surface area contributed by atoms with Crippen molar-refractivity contribution in [2.24, 2.45) is 5.41 Å². The van der Waals surface area contributed by atoms with Gasteiger partial charge in [-0.05, 0) is 69.7 Å². The Labute approximate surface area is 369 Å². The lowest BCUT2D eigenvalue weighted by Crippen LogP contribution is -2.57. The molecule has 2 aromatic heterocycles. The molecule has 1 aromatic carbocycles. The molecular weight excluding hydrogens is 811 g/mol. The zero-order chi connectivity index (χ0) is 45.4. The molecule has 0 radical (unpaired) electrons. The summed E-state index contributed by atoms with van der Waals surface area (Å²) in [5.74, 6) is -0.698. The molecule has 0 aliphatic carbocycles. The quantitative estimate of drug-likeness (QED) is 0.159. The molecule has 0 saturated carbocycles.